The summed E-state index contributed by atoms with van der Waals surface area (Å²) in [6.45, 7) is 3.86. The van der Waals surface area contributed by atoms with E-state index in [0.29, 0.717) is 17.7 Å². The van der Waals surface area contributed by atoms with Crippen LogP contribution in [0.3, 0.4) is 0 Å². The molecule has 0 aliphatic heterocycles. The normalized spacial score (nSPS) is 12.8. The number of hydrogen-bond acceptors (Lipinski definition) is 4. The molecule has 0 spiro atoms. The minimum atomic E-state index is -1.06. The Hall–Kier alpha value is -1.26. The highest BCUT2D eigenvalue weighted by Crippen LogP contribution is 2.31. The quantitative estimate of drug-likeness (QED) is 0.507. The van der Waals surface area contributed by atoms with Crippen LogP contribution in [-0.2, 0) is 4.74 Å². The number of hydrogen-bond donors (Lipinski definition) is 3. The Kier molecular flexibility index (Phi) is 3.33. The molecular formula is C10H14O4. The van der Waals surface area contributed by atoms with Crippen molar-refractivity contribution < 1.29 is 20.1 Å². The van der Waals surface area contributed by atoms with Gasteiger partial charge in [0.15, 0.2) is 17.8 Å². The molecule has 0 bridgehead atoms. The second-order valence-electron chi connectivity index (χ2n) is 3.01. The van der Waals surface area contributed by atoms with Gasteiger partial charge in [0, 0.05) is 12.2 Å². The van der Waals surface area contributed by atoms with E-state index in [1.165, 1.54) is 12.1 Å². The largest absolute Gasteiger partial charge is 0.504 e. The third-order valence-electron chi connectivity index (χ3n) is 1.95. The fourth-order valence-electron chi connectivity index (χ4n) is 1.21. The highest BCUT2D eigenvalue weighted by Gasteiger charge is 2.13. The van der Waals surface area contributed by atoms with Gasteiger partial charge in [0.2, 0.25) is 0 Å². The molecular weight excluding hydrogens is 184 g/mol. The molecule has 1 aromatic rings. The first-order valence-electron chi connectivity index (χ1n) is 4.38. The predicted octanol–water partition coefficient (Wildman–Crippen LogP) is 1.43. The van der Waals surface area contributed by atoms with E-state index in [9.17, 15) is 10.2 Å². The summed E-state index contributed by atoms with van der Waals surface area (Å²) in [5, 5.41) is 27.9. The molecule has 1 atom stereocenters. The number of aliphatic hydroxyl groups excluding tert-OH is 1. The van der Waals surface area contributed by atoms with Crippen molar-refractivity contribution in [3.8, 4) is 11.5 Å². The Morgan fingerprint density at radius 3 is 2.43 bits per heavy atom. The average molecular weight is 198 g/mol. The summed E-state index contributed by atoms with van der Waals surface area (Å²) >= 11 is 0. The first-order chi connectivity index (χ1) is 6.56. The maximum absolute atomic E-state index is 9.50. The monoisotopic (exact) mass is 198 g/mol. The van der Waals surface area contributed by atoms with Gasteiger partial charge in [-0.1, -0.05) is 0 Å². The molecule has 0 radical (unpaired) electrons. The molecule has 4 nitrogen and oxygen atoms in total. The Labute approximate surface area is 82.4 Å². The lowest BCUT2D eigenvalue weighted by Crippen LogP contribution is -2.04. The van der Waals surface area contributed by atoms with Crippen molar-refractivity contribution in [3.05, 3.63) is 23.3 Å². The summed E-state index contributed by atoms with van der Waals surface area (Å²) in [5.41, 5.74) is 1.13. The van der Waals surface area contributed by atoms with Crippen molar-refractivity contribution in [1.82, 2.24) is 0 Å². The number of rotatable bonds is 3. The van der Waals surface area contributed by atoms with E-state index in [-0.39, 0.29) is 11.5 Å². The number of phenolic OH excluding ortho intramolecular Hbond substituents is 2. The summed E-state index contributed by atoms with van der Waals surface area (Å²) < 4.78 is 4.97. The van der Waals surface area contributed by atoms with Gasteiger partial charge in [0.05, 0.1) is 0 Å². The van der Waals surface area contributed by atoms with E-state index in [1.807, 2.05) is 0 Å². The van der Waals surface area contributed by atoms with Gasteiger partial charge in [-0.15, -0.1) is 0 Å². The standard InChI is InChI=1S/C10H14O4/c1-3-14-10(13)7-5-9(12)8(11)4-6(7)2/h4-5,10-13H,3H2,1-2H3. The first kappa shape index (κ1) is 10.8. The second-order valence-corrected chi connectivity index (χ2v) is 3.01. The molecule has 0 fully saturated rings. The molecule has 1 rings (SSSR count). The fraction of sp³-hybridized carbons (Fsp3) is 0.400. The third kappa shape index (κ3) is 2.16. The second kappa shape index (κ2) is 4.30. The van der Waals surface area contributed by atoms with Crippen LogP contribution in [-0.4, -0.2) is 21.9 Å². The van der Waals surface area contributed by atoms with Crippen molar-refractivity contribution >= 4 is 0 Å². The van der Waals surface area contributed by atoms with Gasteiger partial charge in [-0.25, -0.2) is 0 Å². The van der Waals surface area contributed by atoms with Gasteiger partial charge < -0.3 is 20.1 Å². The van der Waals surface area contributed by atoms with Crippen molar-refractivity contribution in [2.45, 2.75) is 20.1 Å². The van der Waals surface area contributed by atoms with E-state index in [1.54, 1.807) is 13.8 Å². The Balaban J connectivity index is 3.02. The minimum Gasteiger partial charge on any atom is -0.504 e. The number of aliphatic hydroxyl groups is 1. The predicted molar refractivity (Wildman–Crippen MR) is 51.1 cm³/mol. The molecule has 78 valence electrons. The van der Waals surface area contributed by atoms with Crippen LogP contribution >= 0.6 is 0 Å². The number of benzene rings is 1. The number of aromatic hydroxyl groups is 2. The maximum atomic E-state index is 9.50. The Morgan fingerprint density at radius 2 is 1.86 bits per heavy atom. The lowest BCUT2D eigenvalue weighted by Gasteiger charge is -2.14. The van der Waals surface area contributed by atoms with E-state index in [4.69, 9.17) is 9.84 Å². The van der Waals surface area contributed by atoms with Gasteiger partial charge in [-0.05, 0) is 31.5 Å². The van der Waals surface area contributed by atoms with Gasteiger partial charge >= 0.3 is 0 Å². The van der Waals surface area contributed by atoms with Gasteiger partial charge in [0.25, 0.3) is 0 Å². The Morgan fingerprint density at radius 1 is 1.29 bits per heavy atom. The summed E-state index contributed by atoms with van der Waals surface area (Å²) in [6.07, 6.45) is -1.06. The zero-order valence-electron chi connectivity index (χ0n) is 8.19. The van der Waals surface area contributed by atoms with Crippen LogP contribution in [0.2, 0.25) is 0 Å². The molecule has 0 heterocycles. The SMILES string of the molecule is CCOC(O)c1cc(O)c(O)cc1C. The molecule has 0 saturated carbocycles. The fourth-order valence-corrected chi connectivity index (χ4v) is 1.21. The molecule has 0 aromatic heterocycles. The van der Waals surface area contributed by atoms with Crippen molar-refractivity contribution in [3.63, 3.8) is 0 Å². The van der Waals surface area contributed by atoms with Crippen LogP contribution in [0.4, 0.5) is 0 Å². The summed E-state index contributed by atoms with van der Waals surface area (Å²) in [6, 6.07) is 2.68. The summed E-state index contributed by atoms with van der Waals surface area (Å²) in [4.78, 5) is 0. The lowest BCUT2D eigenvalue weighted by atomic mass is 10.1. The topological polar surface area (TPSA) is 69.9 Å². The number of aryl methyl sites for hydroxylation is 1. The van der Waals surface area contributed by atoms with Crippen LogP contribution in [0.25, 0.3) is 0 Å². The van der Waals surface area contributed by atoms with Gasteiger partial charge in [0.1, 0.15) is 0 Å². The van der Waals surface area contributed by atoms with Crippen LogP contribution in [0, 0.1) is 6.92 Å². The molecule has 0 aliphatic carbocycles. The maximum Gasteiger partial charge on any atom is 0.181 e. The van der Waals surface area contributed by atoms with Crippen LogP contribution in [0.15, 0.2) is 12.1 Å². The molecule has 14 heavy (non-hydrogen) atoms. The van der Waals surface area contributed by atoms with Crippen molar-refractivity contribution in [2.75, 3.05) is 6.61 Å². The zero-order chi connectivity index (χ0) is 10.7. The van der Waals surface area contributed by atoms with E-state index in [2.05, 4.69) is 0 Å². The highest BCUT2D eigenvalue weighted by molar-refractivity contribution is 5.45. The van der Waals surface area contributed by atoms with E-state index >= 15 is 0 Å². The molecule has 4 heteroatoms. The highest BCUT2D eigenvalue weighted by atomic mass is 16.6. The zero-order valence-corrected chi connectivity index (χ0v) is 8.19. The van der Waals surface area contributed by atoms with Gasteiger partial charge in [-0.3, -0.25) is 0 Å². The molecule has 3 N–H and O–H groups in total. The third-order valence-corrected chi connectivity index (χ3v) is 1.95. The molecule has 1 aromatic carbocycles. The van der Waals surface area contributed by atoms with E-state index < -0.39 is 6.29 Å². The van der Waals surface area contributed by atoms with Crippen molar-refractivity contribution in [2.24, 2.45) is 0 Å². The lowest BCUT2D eigenvalue weighted by molar-refractivity contribution is -0.0984. The summed E-state index contributed by atoms with van der Waals surface area (Å²) in [5.74, 6) is -0.459. The number of ether oxygens (including phenoxy) is 1. The van der Waals surface area contributed by atoms with E-state index in [0.717, 1.165) is 0 Å². The molecule has 0 saturated heterocycles. The minimum absolute atomic E-state index is 0.199. The van der Waals surface area contributed by atoms with Crippen LogP contribution in [0.1, 0.15) is 24.3 Å². The molecule has 1 unspecified atom stereocenters. The van der Waals surface area contributed by atoms with Crippen LogP contribution < -0.4 is 0 Å². The van der Waals surface area contributed by atoms with Crippen LogP contribution in [0.5, 0.6) is 11.5 Å². The smallest absolute Gasteiger partial charge is 0.181 e. The number of phenols is 2. The average Bonchev–Trinajstić information content (AvgIpc) is 2.11. The molecule has 0 aliphatic rings. The first-order valence-corrected chi connectivity index (χ1v) is 4.38. The van der Waals surface area contributed by atoms with Gasteiger partial charge in [-0.2, -0.15) is 0 Å². The molecule has 0 amide bonds. The summed E-state index contributed by atoms with van der Waals surface area (Å²) in [7, 11) is 0. The van der Waals surface area contributed by atoms with Crippen molar-refractivity contribution in [1.29, 1.82) is 0 Å². The Bertz CT molecular complexity index is 322.